The van der Waals surface area contributed by atoms with Gasteiger partial charge < -0.3 is 14.6 Å². The van der Waals surface area contributed by atoms with Gasteiger partial charge in [0.1, 0.15) is 11.4 Å². The zero-order chi connectivity index (χ0) is 20.2. The van der Waals surface area contributed by atoms with Crippen molar-refractivity contribution in [2.45, 2.75) is 6.92 Å². The van der Waals surface area contributed by atoms with Crippen molar-refractivity contribution in [3.63, 3.8) is 0 Å². The first kappa shape index (κ1) is 19.4. The average Bonchev–Trinajstić information content (AvgIpc) is 3.35. The Hall–Kier alpha value is -2.90. The summed E-state index contributed by atoms with van der Waals surface area (Å²) in [6.07, 6.45) is 1.97. The van der Waals surface area contributed by atoms with Crippen LogP contribution in [0.4, 0.5) is 0 Å². The maximum atomic E-state index is 13.0. The predicted octanol–water partition coefficient (Wildman–Crippen LogP) is 2.25. The Morgan fingerprint density at radius 3 is 2.62 bits per heavy atom. The van der Waals surface area contributed by atoms with E-state index in [1.807, 2.05) is 67.2 Å². The molecule has 1 saturated heterocycles. The van der Waals surface area contributed by atoms with Gasteiger partial charge in [-0.1, -0.05) is 17.7 Å². The summed E-state index contributed by atoms with van der Waals surface area (Å²) in [5, 5.41) is 7.79. The van der Waals surface area contributed by atoms with Crippen LogP contribution in [0.2, 0.25) is 0 Å². The topological polar surface area (TPSA) is 64.3 Å². The highest BCUT2D eigenvalue weighted by Gasteiger charge is 2.19. The summed E-state index contributed by atoms with van der Waals surface area (Å²) in [5.74, 6) is -0.119. The second kappa shape index (κ2) is 8.63. The maximum Gasteiger partial charge on any atom is 0.270 e. The van der Waals surface area contributed by atoms with E-state index in [9.17, 15) is 4.79 Å². The van der Waals surface area contributed by atoms with E-state index in [0.29, 0.717) is 12.2 Å². The Bertz CT molecular complexity index is 968. The molecule has 3 aromatic rings. The molecule has 2 aromatic heterocycles. The second-order valence-corrected chi connectivity index (χ2v) is 7.38. The van der Waals surface area contributed by atoms with E-state index in [1.165, 1.54) is 5.56 Å². The molecule has 1 amide bonds. The van der Waals surface area contributed by atoms with E-state index in [4.69, 9.17) is 9.84 Å². The number of morpholine rings is 1. The summed E-state index contributed by atoms with van der Waals surface area (Å²) in [5.41, 5.74) is 4.32. The standard InChI is InChI=1S/C22H27N5O2/c1-17-5-7-18(8-6-17)27-21(16-19(24-27)20-4-3-10-25(20)2)22(28)23-9-11-26-12-14-29-15-13-26/h3-8,10,16H,9,11-15H2,1-2H3,(H,23,28). The number of hydrogen-bond acceptors (Lipinski definition) is 4. The van der Waals surface area contributed by atoms with Crippen molar-refractivity contribution in [2.24, 2.45) is 7.05 Å². The molecule has 0 atom stereocenters. The van der Waals surface area contributed by atoms with Gasteiger partial charge in [0.2, 0.25) is 0 Å². The maximum absolute atomic E-state index is 13.0. The summed E-state index contributed by atoms with van der Waals surface area (Å²) >= 11 is 0. The number of benzene rings is 1. The Morgan fingerprint density at radius 1 is 1.17 bits per heavy atom. The quantitative estimate of drug-likeness (QED) is 0.698. The van der Waals surface area contributed by atoms with Crippen LogP contribution in [0.5, 0.6) is 0 Å². The van der Waals surface area contributed by atoms with Crippen molar-refractivity contribution in [3.05, 3.63) is 59.9 Å². The van der Waals surface area contributed by atoms with E-state index >= 15 is 0 Å². The third kappa shape index (κ3) is 4.41. The number of amides is 1. The number of ether oxygens (including phenoxy) is 1. The number of aromatic nitrogens is 3. The molecule has 4 rings (SSSR count). The highest BCUT2D eigenvalue weighted by atomic mass is 16.5. The third-order valence-electron chi connectivity index (χ3n) is 5.24. The lowest BCUT2D eigenvalue weighted by molar-refractivity contribution is 0.0383. The first-order valence-corrected chi connectivity index (χ1v) is 9.99. The van der Waals surface area contributed by atoms with Crippen molar-refractivity contribution in [1.29, 1.82) is 0 Å². The minimum atomic E-state index is -0.119. The molecule has 1 aromatic carbocycles. The van der Waals surface area contributed by atoms with Crippen molar-refractivity contribution in [3.8, 4) is 17.1 Å². The van der Waals surface area contributed by atoms with E-state index in [2.05, 4.69) is 10.2 Å². The summed E-state index contributed by atoms with van der Waals surface area (Å²) in [7, 11) is 1.97. The highest BCUT2D eigenvalue weighted by Crippen LogP contribution is 2.22. The first-order chi connectivity index (χ1) is 14.1. The van der Waals surface area contributed by atoms with E-state index < -0.39 is 0 Å². The van der Waals surface area contributed by atoms with Crippen LogP contribution < -0.4 is 5.32 Å². The lowest BCUT2D eigenvalue weighted by Crippen LogP contribution is -2.41. The van der Waals surface area contributed by atoms with Crippen LogP contribution in [0.15, 0.2) is 48.7 Å². The molecule has 0 saturated carbocycles. The molecule has 0 unspecified atom stereocenters. The van der Waals surface area contributed by atoms with Crippen LogP contribution in [-0.4, -0.2) is 64.5 Å². The smallest absolute Gasteiger partial charge is 0.270 e. The second-order valence-electron chi connectivity index (χ2n) is 7.38. The molecule has 0 spiro atoms. The molecule has 1 aliphatic rings. The Morgan fingerprint density at radius 2 is 1.93 bits per heavy atom. The predicted molar refractivity (Wildman–Crippen MR) is 112 cm³/mol. The molecule has 1 fully saturated rings. The molecular weight excluding hydrogens is 366 g/mol. The van der Waals surface area contributed by atoms with Crippen molar-refractivity contribution < 1.29 is 9.53 Å². The van der Waals surface area contributed by atoms with Gasteiger partial charge >= 0.3 is 0 Å². The van der Waals surface area contributed by atoms with Gasteiger partial charge in [-0.25, -0.2) is 4.68 Å². The number of nitrogens with zero attached hydrogens (tertiary/aromatic N) is 4. The van der Waals surface area contributed by atoms with Crippen molar-refractivity contribution in [1.82, 2.24) is 24.6 Å². The largest absolute Gasteiger partial charge is 0.379 e. The van der Waals surface area contributed by atoms with Gasteiger partial charge in [-0.05, 0) is 37.3 Å². The number of hydrogen-bond donors (Lipinski definition) is 1. The SMILES string of the molecule is Cc1ccc(-n2nc(-c3cccn3C)cc2C(=O)NCCN2CCOCC2)cc1. The Kier molecular flexibility index (Phi) is 5.78. The van der Waals surface area contributed by atoms with Gasteiger partial charge in [-0.2, -0.15) is 5.10 Å². The van der Waals surface area contributed by atoms with Crippen LogP contribution in [0.3, 0.4) is 0 Å². The van der Waals surface area contributed by atoms with Crippen LogP contribution >= 0.6 is 0 Å². The lowest BCUT2D eigenvalue weighted by atomic mass is 10.2. The zero-order valence-corrected chi connectivity index (χ0v) is 17.0. The summed E-state index contributed by atoms with van der Waals surface area (Å²) < 4.78 is 9.10. The van der Waals surface area contributed by atoms with Gasteiger partial charge in [-0.3, -0.25) is 9.69 Å². The molecule has 29 heavy (non-hydrogen) atoms. The summed E-state index contributed by atoms with van der Waals surface area (Å²) in [6, 6.07) is 13.9. The van der Waals surface area contributed by atoms with Crippen molar-refractivity contribution >= 4 is 5.91 Å². The molecule has 0 radical (unpaired) electrons. The first-order valence-electron chi connectivity index (χ1n) is 9.99. The Balaban J connectivity index is 1.56. The monoisotopic (exact) mass is 393 g/mol. The minimum absolute atomic E-state index is 0.119. The Labute approximate surface area is 170 Å². The van der Waals surface area contributed by atoms with Gasteiger partial charge in [0.25, 0.3) is 5.91 Å². The average molecular weight is 393 g/mol. The normalized spacial score (nSPS) is 14.8. The molecule has 7 heteroatoms. The number of carbonyl (C=O) groups is 1. The molecule has 3 heterocycles. The van der Waals surface area contributed by atoms with Gasteiger partial charge in [0.05, 0.1) is 24.6 Å². The van der Waals surface area contributed by atoms with Gasteiger partial charge in [0.15, 0.2) is 0 Å². The molecule has 7 nitrogen and oxygen atoms in total. The highest BCUT2D eigenvalue weighted by molar-refractivity contribution is 5.94. The molecular formula is C22H27N5O2. The van der Waals surface area contributed by atoms with E-state index in [0.717, 1.165) is 49.9 Å². The molecule has 1 aliphatic heterocycles. The molecule has 1 N–H and O–H groups in total. The van der Waals surface area contributed by atoms with Crippen LogP contribution in [0, 0.1) is 6.92 Å². The number of aryl methyl sites for hydroxylation is 2. The van der Waals surface area contributed by atoms with E-state index in [1.54, 1.807) is 4.68 Å². The lowest BCUT2D eigenvalue weighted by Gasteiger charge is -2.26. The number of nitrogens with one attached hydrogen (secondary N) is 1. The van der Waals surface area contributed by atoms with E-state index in [-0.39, 0.29) is 5.91 Å². The fraction of sp³-hybridized carbons (Fsp3) is 0.364. The molecule has 0 aliphatic carbocycles. The van der Waals surface area contributed by atoms with Gasteiger partial charge in [-0.15, -0.1) is 0 Å². The number of carbonyl (C=O) groups excluding carboxylic acids is 1. The van der Waals surface area contributed by atoms with Crippen LogP contribution in [0.1, 0.15) is 16.1 Å². The fourth-order valence-electron chi connectivity index (χ4n) is 3.52. The zero-order valence-electron chi connectivity index (χ0n) is 17.0. The van der Waals surface area contributed by atoms with Crippen LogP contribution in [0.25, 0.3) is 17.1 Å². The molecule has 0 bridgehead atoms. The third-order valence-corrected chi connectivity index (χ3v) is 5.24. The van der Waals surface area contributed by atoms with Crippen LogP contribution in [-0.2, 0) is 11.8 Å². The minimum Gasteiger partial charge on any atom is -0.379 e. The summed E-state index contributed by atoms with van der Waals surface area (Å²) in [4.78, 5) is 15.3. The fourth-order valence-corrected chi connectivity index (χ4v) is 3.52. The number of rotatable bonds is 6. The summed E-state index contributed by atoms with van der Waals surface area (Å²) in [6.45, 7) is 6.79. The molecule has 152 valence electrons. The van der Waals surface area contributed by atoms with Gasteiger partial charge in [0, 0.05) is 39.4 Å². The van der Waals surface area contributed by atoms with Crippen molar-refractivity contribution in [2.75, 3.05) is 39.4 Å².